The number of hydrogen-bond acceptors (Lipinski definition) is 5. The van der Waals surface area contributed by atoms with Gasteiger partial charge in [0.2, 0.25) is 10.0 Å². The zero-order valence-electron chi connectivity index (χ0n) is 17.9. The average Bonchev–Trinajstić information content (AvgIpc) is 2.84. The number of carbonyl (C=O) groups excluding carboxylic acids is 1. The summed E-state index contributed by atoms with van der Waals surface area (Å²) in [6, 6.07) is 23.3. The molecular formula is C25H22N4O3S. The fourth-order valence-electron chi connectivity index (χ4n) is 3.21. The van der Waals surface area contributed by atoms with Crippen molar-refractivity contribution >= 4 is 21.6 Å². The number of nitrogens with one attached hydrogen (secondary N) is 2. The number of carbonyl (C=O) groups is 1. The minimum Gasteiger partial charge on any atom is -0.319 e. The molecule has 7 nitrogen and oxygen atoms in total. The van der Waals surface area contributed by atoms with Crippen molar-refractivity contribution in [1.29, 1.82) is 0 Å². The van der Waals surface area contributed by atoms with Gasteiger partial charge in [-0.15, -0.1) is 0 Å². The van der Waals surface area contributed by atoms with Gasteiger partial charge in [-0.2, -0.15) is 0 Å². The molecule has 0 aliphatic rings. The van der Waals surface area contributed by atoms with Crippen LogP contribution < -0.4 is 10.0 Å². The maximum absolute atomic E-state index is 12.9. The van der Waals surface area contributed by atoms with E-state index in [2.05, 4.69) is 20.0 Å². The minimum absolute atomic E-state index is 0.0572. The Labute approximate surface area is 192 Å². The van der Waals surface area contributed by atoms with Gasteiger partial charge in [-0.25, -0.2) is 23.1 Å². The largest absolute Gasteiger partial charge is 0.319 e. The summed E-state index contributed by atoms with van der Waals surface area (Å²) < 4.78 is 28.3. The van der Waals surface area contributed by atoms with Crippen LogP contribution in [-0.2, 0) is 16.6 Å². The van der Waals surface area contributed by atoms with Gasteiger partial charge in [-0.05, 0) is 30.2 Å². The van der Waals surface area contributed by atoms with Gasteiger partial charge in [-0.1, -0.05) is 66.7 Å². The van der Waals surface area contributed by atoms with Crippen LogP contribution in [0.4, 0.5) is 5.69 Å². The van der Waals surface area contributed by atoms with Gasteiger partial charge in [-0.3, -0.25) is 4.79 Å². The Morgan fingerprint density at radius 1 is 0.879 bits per heavy atom. The Balaban J connectivity index is 1.49. The number of amides is 1. The van der Waals surface area contributed by atoms with Crippen molar-refractivity contribution < 1.29 is 13.2 Å². The van der Waals surface area contributed by atoms with E-state index in [1.54, 1.807) is 19.1 Å². The summed E-state index contributed by atoms with van der Waals surface area (Å²) in [4.78, 5) is 21.4. The summed E-state index contributed by atoms with van der Waals surface area (Å²) in [5, 5.41) is 2.71. The van der Waals surface area contributed by atoms with Crippen LogP contribution in [0.2, 0.25) is 0 Å². The molecule has 0 fully saturated rings. The molecule has 166 valence electrons. The highest BCUT2D eigenvalue weighted by Crippen LogP contribution is 2.19. The molecule has 0 unspecified atom stereocenters. The van der Waals surface area contributed by atoms with E-state index in [-0.39, 0.29) is 17.0 Å². The molecule has 0 atom stereocenters. The van der Waals surface area contributed by atoms with Crippen molar-refractivity contribution in [3.05, 3.63) is 108 Å². The molecule has 2 N–H and O–H groups in total. The molecule has 8 heteroatoms. The maximum Gasteiger partial charge on any atom is 0.255 e. The monoisotopic (exact) mass is 458 g/mol. The summed E-state index contributed by atoms with van der Waals surface area (Å²) in [7, 11) is -3.81. The smallest absolute Gasteiger partial charge is 0.255 e. The van der Waals surface area contributed by atoms with Gasteiger partial charge < -0.3 is 5.32 Å². The van der Waals surface area contributed by atoms with E-state index in [0.29, 0.717) is 17.1 Å². The van der Waals surface area contributed by atoms with Gasteiger partial charge in [0.1, 0.15) is 0 Å². The molecule has 0 aliphatic heterocycles. The second-order valence-electron chi connectivity index (χ2n) is 7.41. The van der Waals surface area contributed by atoms with E-state index in [1.807, 2.05) is 60.7 Å². The Kier molecular flexibility index (Phi) is 6.58. The van der Waals surface area contributed by atoms with Gasteiger partial charge in [0.05, 0.1) is 23.0 Å². The second kappa shape index (κ2) is 9.72. The van der Waals surface area contributed by atoms with Crippen LogP contribution in [0.1, 0.15) is 21.5 Å². The number of aromatic nitrogens is 2. The minimum atomic E-state index is -3.81. The van der Waals surface area contributed by atoms with E-state index in [0.717, 1.165) is 11.1 Å². The SMILES string of the molecule is Cc1ccc(C(=O)Nc2cnc(-c3ccccc3)nc2)cc1S(=O)(=O)NCc1ccccc1. The zero-order valence-corrected chi connectivity index (χ0v) is 18.7. The summed E-state index contributed by atoms with van der Waals surface area (Å²) in [5.41, 5.74) is 2.88. The van der Waals surface area contributed by atoms with E-state index < -0.39 is 15.9 Å². The number of aryl methyl sites for hydroxylation is 1. The lowest BCUT2D eigenvalue weighted by molar-refractivity contribution is 0.102. The van der Waals surface area contributed by atoms with E-state index in [1.165, 1.54) is 18.5 Å². The van der Waals surface area contributed by atoms with Gasteiger partial charge in [0.15, 0.2) is 5.82 Å². The molecule has 0 spiro atoms. The molecule has 0 bridgehead atoms. The van der Waals surface area contributed by atoms with Crippen LogP contribution in [-0.4, -0.2) is 24.3 Å². The number of rotatable bonds is 7. The number of sulfonamides is 1. The van der Waals surface area contributed by atoms with Crippen LogP contribution in [0.25, 0.3) is 11.4 Å². The van der Waals surface area contributed by atoms with Gasteiger partial charge in [0, 0.05) is 17.7 Å². The Bertz CT molecular complexity index is 1360. The normalized spacial score (nSPS) is 11.2. The van der Waals surface area contributed by atoms with Crippen LogP contribution in [0, 0.1) is 6.92 Å². The summed E-state index contributed by atoms with van der Waals surface area (Å²) in [5.74, 6) is 0.0902. The van der Waals surface area contributed by atoms with E-state index in [4.69, 9.17) is 0 Å². The molecule has 0 saturated carbocycles. The first-order chi connectivity index (χ1) is 15.9. The van der Waals surface area contributed by atoms with Crippen LogP contribution in [0.3, 0.4) is 0 Å². The number of anilines is 1. The third-order valence-corrected chi connectivity index (χ3v) is 6.53. The number of hydrogen-bond donors (Lipinski definition) is 2. The lowest BCUT2D eigenvalue weighted by Crippen LogP contribution is -2.24. The fraction of sp³-hybridized carbons (Fsp3) is 0.0800. The molecule has 1 amide bonds. The van der Waals surface area contributed by atoms with Crippen molar-refractivity contribution in [2.45, 2.75) is 18.4 Å². The summed E-state index contributed by atoms with van der Waals surface area (Å²) in [6.07, 6.45) is 3.03. The Morgan fingerprint density at radius 2 is 1.52 bits per heavy atom. The van der Waals surface area contributed by atoms with E-state index in [9.17, 15) is 13.2 Å². The van der Waals surface area contributed by atoms with Crippen molar-refractivity contribution in [2.75, 3.05) is 5.32 Å². The number of nitrogens with zero attached hydrogens (tertiary/aromatic N) is 2. The fourth-order valence-corrected chi connectivity index (χ4v) is 4.50. The summed E-state index contributed by atoms with van der Waals surface area (Å²) >= 11 is 0. The maximum atomic E-state index is 12.9. The first kappa shape index (κ1) is 22.3. The molecule has 33 heavy (non-hydrogen) atoms. The Hall–Kier alpha value is -3.88. The van der Waals surface area contributed by atoms with E-state index >= 15 is 0 Å². The summed E-state index contributed by atoms with van der Waals surface area (Å²) in [6.45, 7) is 1.85. The standard InChI is InChI=1S/C25H22N4O3S/c1-18-12-13-21(14-23(18)33(31,32)28-15-19-8-4-2-5-9-19)25(30)29-22-16-26-24(27-17-22)20-10-6-3-7-11-20/h2-14,16-17,28H,15H2,1H3,(H,29,30). The van der Waals surface area contributed by atoms with Crippen molar-refractivity contribution in [2.24, 2.45) is 0 Å². The zero-order chi connectivity index (χ0) is 23.3. The molecule has 0 aliphatic carbocycles. The molecule has 0 radical (unpaired) electrons. The highest BCUT2D eigenvalue weighted by molar-refractivity contribution is 7.89. The molecule has 4 aromatic rings. The molecular weight excluding hydrogens is 436 g/mol. The number of benzene rings is 3. The van der Waals surface area contributed by atoms with Gasteiger partial charge >= 0.3 is 0 Å². The molecule has 0 saturated heterocycles. The third kappa shape index (κ3) is 5.49. The Morgan fingerprint density at radius 3 is 2.18 bits per heavy atom. The van der Waals surface area contributed by atoms with Crippen LogP contribution >= 0.6 is 0 Å². The highest BCUT2D eigenvalue weighted by Gasteiger charge is 2.19. The highest BCUT2D eigenvalue weighted by atomic mass is 32.2. The van der Waals surface area contributed by atoms with Gasteiger partial charge in [0.25, 0.3) is 5.91 Å². The first-order valence-electron chi connectivity index (χ1n) is 10.3. The predicted molar refractivity (Wildman–Crippen MR) is 127 cm³/mol. The lowest BCUT2D eigenvalue weighted by Gasteiger charge is -2.12. The van der Waals surface area contributed by atoms with Crippen molar-refractivity contribution in [3.63, 3.8) is 0 Å². The average molecular weight is 459 g/mol. The predicted octanol–water partition coefficient (Wildman–Crippen LogP) is 4.18. The third-order valence-electron chi connectivity index (χ3n) is 4.99. The topological polar surface area (TPSA) is 101 Å². The van der Waals surface area contributed by atoms with Crippen molar-refractivity contribution in [1.82, 2.24) is 14.7 Å². The first-order valence-corrected chi connectivity index (χ1v) is 11.7. The van der Waals surface area contributed by atoms with Crippen LogP contribution in [0.5, 0.6) is 0 Å². The quantitative estimate of drug-likeness (QED) is 0.433. The molecule has 4 rings (SSSR count). The lowest BCUT2D eigenvalue weighted by atomic mass is 10.1. The van der Waals surface area contributed by atoms with Crippen molar-refractivity contribution in [3.8, 4) is 11.4 Å². The second-order valence-corrected chi connectivity index (χ2v) is 9.14. The van der Waals surface area contributed by atoms with Crippen LogP contribution in [0.15, 0.2) is 96.2 Å². The molecule has 3 aromatic carbocycles. The molecule has 1 heterocycles. The molecule has 1 aromatic heterocycles.